The minimum Gasteiger partial charge on any atom is -0.460 e. The summed E-state index contributed by atoms with van der Waals surface area (Å²) in [5, 5.41) is 18.4. The largest absolute Gasteiger partial charge is 0.460 e. The first kappa shape index (κ1) is 33.9. The first-order valence-corrected chi connectivity index (χ1v) is 14.0. The normalized spacial score (nSPS) is 19.2. The summed E-state index contributed by atoms with van der Waals surface area (Å²) in [6.07, 6.45) is -7.86. The van der Waals surface area contributed by atoms with E-state index in [0.717, 1.165) is 22.3 Å². The van der Waals surface area contributed by atoms with E-state index in [1.807, 2.05) is 39.8 Å². The van der Waals surface area contributed by atoms with E-state index >= 15 is 0 Å². The highest BCUT2D eigenvalue weighted by molar-refractivity contribution is 5.87. The van der Waals surface area contributed by atoms with Gasteiger partial charge in [-0.2, -0.15) is 0 Å². The Hall–Kier alpha value is -4.62. The maximum atomic E-state index is 12.9. The van der Waals surface area contributed by atoms with Crippen LogP contribution in [0.3, 0.4) is 0 Å². The number of anilines is 2. The molecular formula is C31H39N3O10. The van der Waals surface area contributed by atoms with E-state index in [4.69, 9.17) is 23.7 Å². The third kappa shape index (κ3) is 10.9. The number of esters is 1. The van der Waals surface area contributed by atoms with Crippen molar-refractivity contribution in [3.63, 3.8) is 0 Å². The van der Waals surface area contributed by atoms with E-state index in [9.17, 15) is 24.3 Å². The number of hydrogen-bond acceptors (Lipinski definition) is 10. The summed E-state index contributed by atoms with van der Waals surface area (Å²) in [5.74, 6) is -0.586. The van der Waals surface area contributed by atoms with Crippen LogP contribution in [0.15, 0.2) is 48.6 Å². The van der Waals surface area contributed by atoms with Crippen molar-refractivity contribution in [1.29, 1.82) is 0 Å². The third-order valence-corrected chi connectivity index (χ3v) is 6.27. The Labute approximate surface area is 255 Å². The van der Waals surface area contributed by atoms with Crippen LogP contribution in [0.4, 0.5) is 25.8 Å². The molecule has 1 aliphatic rings. The van der Waals surface area contributed by atoms with E-state index in [-0.39, 0.29) is 31.8 Å². The minimum absolute atomic E-state index is 0.0121. The van der Waals surface area contributed by atoms with Gasteiger partial charge in [0.25, 0.3) is 0 Å². The third-order valence-electron chi connectivity index (χ3n) is 6.27. The lowest BCUT2D eigenvalue weighted by molar-refractivity contribution is -0.249. The second-order valence-corrected chi connectivity index (χ2v) is 10.6. The van der Waals surface area contributed by atoms with Gasteiger partial charge in [0, 0.05) is 23.4 Å². The average molecular weight is 614 g/mol. The lowest BCUT2D eigenvalue weighted by Gasteiger charge is -2.38. The number of aryl methyl sites for hydroxylation is 4. The Kier molecular flexibility index (Phi) is 12.1. The molecular weight excluding hydrogens is 574 g/mol. The maximum Gasteiger partial charge on any atom is 0.412 e. The maximum absolute atomic E-state index is 12.9. The molecule has 44 heavy (non-hydrogen) atoms. The summed E-state index contributed by atoms with van der Waals surface area (Å²) in [6, 6.07) is 10.9. The topological polar surface area (TPSA) is 171 Å². The van der Waals surface area contributed by atoms with Crippen LogP contribution in [0.5, 0.6) is 0 Å². The molecule has 1 heterocycles. The number of nitrogens with one attached hydrogen (secondary N) is 3. The van der Waals surface area contributed by atoms with E-state index in [0.29, 0.717) is 11.4 Å². The average Bonchev–Trinajstić information content (AvgIpc) is 2.90. The smallest absolute Gasteiger partial charge is 0.412 e. The monoisotopic (exact) mass is 613 g/mol. The van der Waals surface area contributed by atoms with Gasteiger partial charge in [-0.25, -0.2) is 19.2 Å². The zero-order valence-electron chi connectivity index (χ0n) is 25.4. The van der Waals surface area contributed by atoms with Crippen molar-refractivity contribution < 1.29 is 48.0 Å². The molecule has 238 valence electrons. The van der Waals surface area contributed by atoms with Crippen LogP contribution in [-0.4, -0.2) is 73.7 Å². The number of ether oxygens (including phenoxy) is 5. The molecule has 3 amide bonds. The van der Waals surface area contributed by atoms with Crippen LogP contribution in [-0.2, 0) is 28.5 Å². The van der Waals surface area contributed by atoms with Gasteiger partial charge in [-0.3, -0.25) is 10.6 Å². The highest BCUT2D eigenvalue weighted by Gasteiger charge is 2.43. The minimum atomic E-state index is -1.72. The number of carbonyl (C=O) groups is 4. The lowest BCUT2D eigenvalue weighted by atomic mass is 10.0. The van der Waals surface area contributed by atoms with Crippen molar-refractivity contribution in [3.05, 3.63) is 70.8 Å². The Morgan fingerprint density at radius 1 is 0.841 bits per heavy atom. The zero-order chi connectivity index (χ0) is 32.4. The van der Waals surface area contributed by atoms with Gasteiger partial charge < -0.3 is 34.1 Å². The Morgan fingerprint density at radius 2 is 1.36 bits per heavy atom. The van der Waals surface area contributed by atoms with E-state index in [2.05, 4.69) is 22.5 Å². The summed E-state index contributed by atoms with van der Waals surface area (Å²) in [6.45, 7) is 12.1. The number of rotatable bonds is 10. The van der Waals surface area contributed by atoms with Gasteiger partial charge in [0.2, 0.25) is 0 Å². The molecule has 0 saturated carbocycles. The molecule has 2 aromatic carbocycles. The standard InChI is InChI=1S/C31H39N3O10/c1-17(2)27(35)40-8-7-32-29(37)41-16-24-15-25(43-30(38)33-22-11-18(3)9-19(4)12-22)26(28(36)42-24)44-31(39)34-23-13-20(5)10-21(6)14-23/h9-14,24-26,28,36H,1,7-8,15-16H2,2-6H3,(H,32,37)(H,33,38)(H,34,39)/t24-,25+,26+,28-/m1/s1. The SMILES string of the molecule is C=C(C)C(=O)OCCNC(=O)OC[C@H]1C[C@H](OC(=O)Nc2cc(C)cc(C)c2)[C@H](OC(=O)Nc2cc(C)cc(C)c2)[C@H](O)O1. The molecule has 13 heteroatoms. The number of aliphatic hydroxyl groups is 1. The van der Waals surface area contributed by atoms with Gasteiger partial charge in [0.05, 0.1) is 12.6 Å². The molecule has 0 aliphatic carbocycles. The van der Waals surface area contributed by atoms with E-state index < -0.39 is 48.9 Å². The van der Waals surface area contributed by atoms with Gasteiger partial charge in [0.15, 0.2) is 12.4 Å². The molecule has 0 spiro atoms. The zero-order valence-corrected chi connectivity index (χ0v) is 25.4. The van der Waals surface area contributed by atoms with Gasteiger partial charge >= 0.3 is 24.2 Å². The molecule has 1 saturated heterocycles. The van der Waals surface area contributed by atoms with Gasteiger partial charge in [-0.15, -0.1) is 0 Å². The first-order chi connectivity index (χ1) is 20.8. The van der Waals surface area contributed by atoms with Gasteiger partial charge in [-0.1, -0.05) is 18.7 Å². The molecule has 0 bridgehead atoms. The fraction of sp³-hybridized carbons (Fsp3) is 0.419. The van der Waals surface area contributed by atoms with E-state index in [1.54, 1.807) is 24.3 Å². The quantitative estimate of drug-likeness (QED) is 0.130. The second-order valence-electron chi connectivity index (χ2n) is 10.6. The van der Waals surface area contributed by atoms with Crippen LogP contribution < -0.4 is 16.0 Å². The molecule has 1 fully saturated rings. The van der Waals surface area contributed by atoms with Gasteiger partial charge in [0.1, 0.15) is 19.3 Å². The summed E-state index contributed by atoms with van der Waals surface area (Å²) < 4.78 is 26.7. The molecule has 0 radical (unpaired) electrons. The molecule has 13 nitrogen and oxygen atoms in total. The molecule has 0 aromatic heterocycles. The summed E-state index contributed by atoms with van der Waals surface area (Å²) >= 11 is 0. The number of benzene rings is 2. The number of alkyl carbamates (subject to hydrolysis) is 1. The molecule has 1 aliphatic heterocycles. The van der Waals surface area contributed by atoms with E-state index in [1.165, 1.54) is 6.92 Å². The van der Waals surface area contributed by atoms with Crippen LogP contribution in [0.2, 0.25) is 0 Å². The number of carbonyl (C=O) groups excluding carboxylic acids is 4. The van der Waals surface area contributed by atoms with Crippen LogP contribution >= 0.6 is 0 Å². The molecule has 4 atom stereocenters. The molecule has 3 rings (SSSR count). The van der Waals surface area contributed by atoms with Crippen molar-refractivity contribution >= 4 is 35.6 Å². The predicted molar refractivity (Wildman–Crippen MR) is 160 cm³/mol. The van der Waals surface area contributed by atoms with Crippen molar-refractivity contribution in [1.82, 2.24) is 5.32 Å². The fourth-order valence-corrected chi connectivity index (χ4v) is 4.55. The Bertz CT molecular complexity index is 1340. The summed E-state index contributed by atoms with van der Waals surface area (Å²) in [7, 11) is 0. The Morgan fingerprint density at radius 3 is 1.89 bits per heavy atom. The second kappa shape index (κ2) is 15.7. The highest BCUT2D eigenvalue weighted by atomic mass is 16.7. The van der Waals surface area contributed by atoms with Crippen molar-refractivity contribution in [3.8, 4) is 0 Å². The number of hydrogen-bond donors (Lipinski definition) is 4. The Balaban J connectivity index is 1.64. The number of aliphatic hydroxyl groups excluding tert-OH is 1. The highest BCUT2D eigenvalue weighted by Crippen LogP contribution is 2.26. The van der Waals surface area contributed by atoms with Gasteiger partial charge in [-0.05, 0) is 81.1 Å². The van der Waals surface area contributed by atoms with Crippen LogP contribution in [0.1, 0.15) is 35.6 Å². The van der Waals surface area contributed by atoms with Crippen LogP contribution in [0.25, 0.3) is 0 Å². The lowest BCUT2D eigenvalue weighted by Crippen LogP contribution is -2.53. The molecule has 2 aromatic rings. The molecule has 0 unspecified atom stereocenters. The molecule has 4 N–H and O–H groups in total. The summed E-state index contributed by atoms with van der Waals surface area (Å²) in [4.78, 5) is 49.2. The summed E-state index contributed by atoms with van der Waals surface area (Å²) in [5.41, 5.74) is 4.90. The van der Waals surface area contributed by atoms with Crippen molar-refractivity contribution in [2.75, 3.05) is 30.4 Å². The first-order valence-electron chi connectivity index (χ1n) is 14.0. The fourth-order valence-electron chi connectivity index (χ4n) is 4.55. The van der Waals surface area contributed by atoms with Crippen molar-refractivity contribution in [2.45, 2.75) is 65.6 Å². The van der Waals surface area contributed by atoms with Crippen molar-refractivity contribution in [2.24, 2.45) is 0 Å². The number of amides is 3. The predicted octanol–water partition coefficient (Wildman–Crippen LogP) is 4.41. The van der Waals surface area contributed by atoms with Crippen LogP contribution in [0, 0.1) is 27.7 Å².